The summed E-state index contributed by atoms with van der Waals surface area (Å²) in [6, 6.07) is 7.58. The highest BCUT2D eigenvalue weighted by Crippen LogP contribution is 2.13. The quantitative estimate of drug-likeness (QED) is 0.878. The zero-order valence-electron chi connectivity index (χ0n) is 10.3. The SMILES string of the molecule is CCCCC(=O)Nc1ccc(-n2cnnc2)cc1. The number of nitrogens with one attached hydrogen (secondary N) is 1. The van der Waals surface area contributed by atoms with E-state index in [1.165, 1.54) is 0 Å². The highest BCUT2D eigenvalue weighted by atomic mass is 16.1. The molecule has 0 atom stereocenters. The van der Waals surface area contributed by atoms with Gasteiger partial charge in [0.05, 0.1) is 0 Å². The summed E-state index contributed by atoms with van der Waals surface area (Å²) in [6.07, 6.45) is 5.79. The summed E-state index contributed by atoms with van der Waals surface area (Å²) in [5.41, 5.74) is 1.78. The molecule has 18 heavy (non-hydrogen) atoms. The molecule has 0 unspecified atom stereocenters. The minimum atomic E-state index is 0.0638. The number of anilines is 1. The summed E-state index contributed by atoms with van der Waals surface area (Å²) in [5.74, 6) is 0.0638. The zero-order valence-corrected chi connectivity index (χ0v) is 10.3. The molecule has 94 valence electrons. The molecular formula is C13H16N4O. The molecule has 1 heterocycles. The van der Waals surface area contributed by atoms with Gasteiger partial charge in [-0.05, 0) is 30.7 Å². The van der Waals surface area contributed by atoms with Gasteiger partial charge in [-0.15, -0.1) is 10.2 Å². The number of amides is 1. The Morgan fingerprint density at radius 3 is 2.50 bits per heavy atom. The van der Waals surface area contributed by atoms with Crippen molar-refractivity contribution in [2.45, 2.75) is 26.2 Å². The van der Waals surface area contributed by atoms with Crippen LogP contribution in [-0.4, -0.2) is 20.7 Å². The van der Waals surface area contributed by atoms with Crippen LogP contribution in [0.4, 0.5) is 5.69 Å². The average molecular weight is 244 g/mol. The van der Waals surface area contributed by atoms with E-state index in [2.05, 4.69) is 22.4 Å². The Bertz CT molecular complexity index is 490. The Morgan fingerprint density at radius 1 is 1.22 bits per heavy atom. The Morgan fingerprint density at radius 2 is 1.89 bits per heavy atom. The smallest absolute Gasteiger partial charge is 0.224 e. The van der Waals surface area contributed by atoms with Crippen LogP contribution in [0.1, 0.15) is 26.2 Å². The van der Waals surface area contributed by atoms with Crippen LogP contribution < -0.4 is 5.32 Å². The number of carbonyl (C=O) groups is 1. The predicted octanol–water partition coefficient (Wildman–Crippen LogP) is 2.40. The lowest BCUT2D eigenvalue weighted by atomic mass is 10.2. The van der Waals surface area contributed by atoms with E-state index in [4.69, 9.17) is 0 Å². The van der Waals surface area contributed by atoms with Crippen molar-refractivity contribution in [2.24, 2.45) is 0 Å². The van der Waals surface area contributed by atoms with Gasteiger partial charge in [-0.1, -0.05) is 13.3 Å². The van der Waals surface area contributed by atoms with E-state index in [-0.39, 0.29) is 5.91 Å². The van der Waals surface area contributed by atoms with Crippen molar-refractivity contribution < 1.29 is 4.79 Å². The van der Waals surface area contributed by atoms with Crippen molar-refractivity contribution in [2.75, 3.05) is 5.32 Å². The van der Waals surface area contributed by atoms with Crippen molar-refractivity contribution in [3.05, 3.63) is 36.9 Å². The van der Waals surface area contributed by atoms with Gasteiger partial charge in [0.25, 0.3) is 0 Å². The fourth-order valence-electron chi connectivity index (χ4n) is 1.61. The van der Waals surface area contributed by atoms with Gasteiger partial charge in [0.15, 0.2) is 0 Å². The van der Waals surface area contributed by atoms with Gasteiger partial charge in [-0.3, -0.25) is 9.36 Å². The standard InChI is InChI=1S/C13H16N4O/c1-2-3-4-13(18)16-11-5-7-12(8-6-11)17-9-14-15-10-17/h5-10H,2-4H2,1H3,(H,16,18). The Labute approximate surface area is 106 Å². The number of nitrogens with zero attached hydrogens (tertiary/aromatic N) is 3. The first-order valence-electron chi connectivity index (χ1n) is 6.04. The Kier molecular flexibility index (Phi) is 4.06. The van der Waals surface area contributed by atoms with Crippen LogP contribution in [0, 0.1) is 0 Å². The maximum absolute atomic E-state index is 11.5. The molecule has 0 spiro atoms. The number of rotatable bonds is 5. The van der Waals surface area contributed by atoms with Crippen molar-refractivity contribution in [1.29, 1.82) is 0 Å². The second kappa shape index (κ2) is 5.95. The van der Waals surface area contributed by atoms with Crippen molar-refractivity contribution >= 4 is 11.6 Å². The van der Waals surface area contributed by atoms with Crippen LogP contribution in [0.2, 0.25) is 0 Å². The summed E-state index contributed by atoms with van der Waals surface area (Å²) >= 11 is 0. The highest BCUT2D eigenvalue weighted by Gasteiger charge is 2.02. The third-order valence-electron chi connectivity index (χ3n) is 2.63. The van der Waals surface area contributed by atoms with Crippen molar-refractivity contribution in [3.63, 3.8) is 0 Å². The number of benzene rings is 1. The largest absolute Gasteiger partial charge is 0.326 e. The highest BCUT2D eigenvalue weighted by molar-refractivity contribution is 5.90. The normalized spacial score (nSPS) is 10.3. The molecule has 5 nitrogen and oxygen atoms in total. The van der Waals surface area contributed by atoms with E-state index in [0.29, 0.717) is 6.42 Å². The van der Waals surface area contributed by atoms with Gasteiger partial charge in [-0.2, -0.15) is 0 Å². The van der Waals surface area contributed by atoms with Crippen LogP contribution in [-0.2, 0) is 4.79 Å². The maximum atomic E-state index is 11.5. The molecule has 5 heteroatoms. The number of hydrogen-bond acceptors (Lipinski definition) is 3. The zero-order chi connectivity index (χ0) is 12.8. The summed E-state index contributed by atoms with van der Waals surface area (Å²) in [4.78, 5) is 11.5. The maximum Gasteiger partial charge on any atom is 0.224 e. The molecule has 2 rings (SSSR count). The minimum absolute atomic E-state index is 0.0638. The lowest BCUT2D eigenvalue weighted by Crippen LogP contribution is -2.10. The molecule has 1 amide bonds. The molecule has 0 saturated heterocycles. The van der Waals surface area contributed by atoms with E-state index in [1.807, 2.05) is 28.8 Å². The van der Waals surface area contributed by atoms with E-state index >= 15 is 0 Å². The lowest BCUT2D eigenvalue weighted by molar-refractivity contribution is -0.116. The number of unbranched alkanes of at least 4 members (excludes halogenated alkanes) is 1. The third-order valence-corrected chi connectivity index (χ3v) is 2.63. The molecule has 0 radical (unpaired) electrons. The minimum Gasteiger partial charge on any atom is -0.326 e. The Balaban J connectivity index is 1.98. The fraction of sp³-hybridized carbons (Fsp3) is 0.308. The monoisotopic (exact) mass is 244 g/mol. The number of aromatic nitrogens is 3. The molecule has 0 fully saturated rings. The van der Waals surface area contributed by atoms with Gasteiger partial charge in [0, 0.05) is 17.8 Å². The number of carbonyl (C=O) groups excluding carboxylic acids is 1. The number of hydrogen-bond donors (Lipinski definition) is 1. The van der Waals surface area contributed by atoms with Gasteiger partial charge < -0.3 is 5.32 Å². The van der Waals surface area contributed by atoms with Gasteiger partial charge >= 0.3 is 0 Å². The topological polar surface area (TPSA) is 59.8 Å². The second-order valence-electron chi connectivity index (χ2n) is 4.07. The van der Waals surface area contributed by atoms with Crippen LogP contribution in [0.3, 0.4) is 0 Å². The molecule has 1 aromatic heterocycles. The van der Waals surface area contributed by atoms with Crippen LogP contribution in [0.15, 0.2) is 36.9 Å². The fourth-order valence-corrected chi connectivity index (χ4v) is 1.61. The average Bonchev–Trinajstić information content (AvgIpc) is 2.91. The Hall–Kier alpha value is -2.17. The molecule has 1 aromatic carbocycles. The van der Waals surface area contributed by atoms with E-state index in [1.54, 1.807) is 12.7 Å². The summed E-state index contributed by atoms with van der Waals surface area (Å²) in [7, 11) is 0. The third kappa shape index (κ3) is 3.16. The summed E-state index contributed by atoms with van der Waals surface area (Å²) in [6.45, 7) is 2.07. The van der Waals surface area contributed by atoms with E-state index in [9.17, 15) is 4.79 Å². The lowest BCUT2D eigenvalue weighted by Gasteiger charge is -2.06. The predicted molar refractivity (Wildman–Crippen MR) is 69.5 cm³/mol. The molecule has 1 N–H and O–H groups in total. The first-order chi connectivity index (χ1) is 8.79. The molecule has 0 aliphatic carbocycles. The summed E-state index contributed by atoms with van der Waals surface area (Å²) in [5, 5.41) is 10.4. The second-order valence-corrected chi connectivity index (χ2v) is 4.07. The van der Waals surface area contributed by atoms with Gasteiger partial charge in [0.2, 0.25) is 5.91 Å². The van der Waals surface area contributed by atoms with E-state index < -0.39 is 0 Å². The molecule has 0 aliphatic rings. The van der Waals surface area contributed by atoms with Crippen LogP contribution >= 0.6 is 0 Å². The first kappa shape index (κ1) is 12.3. The van der Waals surface area contributed by atoms with Crippen molar-refractivity contribution in [1.82, 2.24) is 14.8 Å². The van der Waals surface area contributed by atoms with Crippen LogP contribution in [0.25, 0.3) is 5.69 Å². The van der Waals surface area contributed by atoms with E-state index in [0.717, 1.165) is 24.2 Å². The van der Waals surface area contributed by atoms with Crippen molar-refractivity contribution in [3.8, 4) is 5.69 Å². The molecule has 0 bridgehead atoms. The van der Waals surface area contributed by atoms with Crippen LogP contribution in [0.5, 0.6) is 0 Å². The summed E-state index contributed by atoms with van der Waals surface area (Å²) < 4.78 is 1.81. The molecule has 0 aliphatic heterocycles. The van der Waals surface area contributed by atoms with Gasteiger partial charge in [0.1, 0.15) is 12.7 Å². The van der Waals surface area contributed by atoms with Gasteiger partial charge in [-0.25, -0.2) is 0 Å². The molecule has 0 saturated carbocycles. The molecular weight excluding hydrogens is 228 g/mol. The molecule has 2 aromatic rings. The first-order valence-corrected chi connectivity index (χ1v) is 6.04.